The van der Waals surface area contributed by atoms with E-state index in [1.807, 2.05) is 30.3 Å². The Labute approximate surface area is 135 Å². The van der Waals surface area contributed by atoms with Crippen LogP contribution in [0.1, 0.15) is 15.2 Å². The number of amides is 1. The summed E-state index contributed by atoms with van der Waals surface area (Å²) in [4.78, 5) is 12.8. The number of rotatable bonds is 5. The Morgan fingerprint density at radius 1 is 1.13 bits per heavy atom. The van der Waals surface area contributed by atoms with Crippen molar-refractivity contribution < 1.29 is 18.3 Å². The predicted molar refractivity (Wildman–Crippen MR) is 86.1 cm³/mol. The molecular formula is C17H13F2NO2S. The Morgan fingerprint density at radius 2 is 1.87 bits per heavy atom. The van der Waals surface area contributed by atoms with Gasteiger partial charge in [0, 0.05) is 16.8 Å². The molecule has 0 aliphatic carbocycles. The van der Waals surface area contributed by atoms with Gasteiger partial charge in [-0.3, -0.25) is 4.79 Å². The SMILES string of the molecule is O=C(NCc1ccccc1OC(F)F)c1cc2ccccc2s1. The summed E-state index contributed by atoms with van der Waals surface area (Å²) in [6.45, 7) is -2.77. The number of halogens is 2. The van der Waals surface area contributed by atoms with Crippen molar-refractivity contribution in [2.24, 2.45) is 0 Å². The summed E-state index contributed by atoms with van der Waals surface area (Å²) >= 11 is 1.39. The predicted octanol–water partition coefficient (Wildman–Crippen LogP) is 4.43. The standard InChI is InChI=1S/C17H13F2NO2S/c18-17(19)22-13-7-3-1-6-12(13)10-20-16(21)15-9-11-5-2-4-8-14(11)23-15/h1-9,17H,10H2,(H,20,21). The molecule has 1 amide bonds. The summed E-state index contributed by atoms with van der Waals surface area (Å²) in [5.41, 5.74) is 0.502. The smallest absolute Gasteiger partial charge is 0.387 e. The average Bonchev–Trinajstić information content (AvgIpc) is 2.97. The molecule has 1 aromatic heterocycles. The Hall–Kier alpha value is -2.47. The van der Waals surface area contributed by atoms with Gasteiger partial charge in [0.2, 0.25) is 0 Å². The van der Waals surface area contributed by atoms with Crippen molar-refractivity contribution >= 4 is 27.3 Å². The van der Waals surface area contributed by atoms with Crippen molar-refractivity contribution in [1.29, 1.82) is 0 Å². The zero-order chi connectivity index (χ0) is 16.2. The van der Waals surface area contributed by atoms with Gasteiger partial charge in [0.15, 0.2) is 0 Å². The fraction of sp³-hybridized carbons (Fsp3) is 0.118. The second-order valence-electron chi connectivity index (χ2n) is 4.82. The van der Waals surface area contributed by atoms with E-state index in [2.05, 4.69) is 10.1 Å². The summed E-state index contributed by atoms with van der Waals surface area (Å²) < 4.78 is 30.2. The highest BCUT2D eigenvalue weighted by atomic mass is 32.1. The maximum Gasteiger partial charge on any atom is 0.387 e. The highest BCUT2D eigenvalue weighted by molar-refractivity contribution is 7.20. The van der Waals surface area contributed by atoms with Crippen LogP contribution in [0.5, 0.6) is 5.75 Å². The van der Waals surface area contributed by atoms with Crippen molar-refractivity contribution in [2.75, 3.05) is 0 Å². The van der Waals surface area contributed by atoms with Crippen LogP contribution in [0.15, 0.2) is 54.6 Å². The first-order valence-electron chi connectivity index (χ1n) is 6.93. The number of fused-ring (bicyclic) bond motifs is 1. The summed E-state index contributed by atoms with van der Waals surface area (Å²) in [6, 6.07) is 15.9. The number of carbonyl (C=O) groups is 1. The molecule has 0 saturated heterocycles. The van der Waals surface area contributed by atoms with Gasteiger partial charge in [-0.05, 0) is 23.6 Å². The van der Waals surface area contributed by atoms with Crippen molar-refractivity contribution in [3.8, 4) is 5.75 Å². The number of hydrogen-bond donors (Lipinski definition) is 1. The number of ether oxygens (including phenoxy) is 1. The number of thiophene rings is 1. The fourth-order valence-corrected chi connectivity index (χ4v) is 3.20. The first-order valence-corrected chi connectivity index (χ1v) is 7.74. The van der Waals surface area contributed by atoms with Crippen LogP contribution in [0.3, 0.4) is 0 Å². The molecule has 0 bridgehead atoms. The molecule has 23 heavy (non-hydrogen) atoms. The lowest BCUT2D eigenvalue weighted by atomic mass is 10.2. The molecular weight excluding hydrogens is 320 g/mol. The summed E-state index contributed by atoms with van der Waals surface area (Å²) in [5.74, 6) is -0.169. The number of hydrogen-bond acceptors (Lipinski definition) is 3. The third-order valence-electron chi connectivity index (χ3n) is 3.28. The van der Waals surface area contributed by atoms with Crippen molar-refractivity contribution in [2.45, 2.75) is 13.2 Å². The van der Waals surface area contributed by atoms with Gasteiger partial charge in [0.1, 0.15) is 5.75 Å². The Morgan fingerprint density at radius 3 is 2.65 bits per heavy atom. The first-order chi connectivity index (χ1) is 11.1. The van der Waals surface area contributed by atoms with Crippen LogP contribution >= 0.6 is 11.3 Å². The van der Waals surface area contributed by atoms with E-state index in [1.165, 1.54) is 17.4 Å². The van der Waals surface area contributed by atoms with E-state index in [4.69, 9.17) is 0 Å². The van der Waals surface area contributed by atoms with Crippen LogP contribution in [0.25, 0.3) is 10.1 Å². The van der Waals surface area contributed by atoms with E-state index in [1.54, 1.807) is 18.2 Å². The number of carbonyl (C=O) groups excluding carboxylic acids is 1. The van der Waals surface area contributed by atoms with Crippen LogP contribution in [0, 0.1) is 0 Å². The highest BCUT2D eigenvalue weighted by Gasteiger charge is 2.12. The zero-order valence-corrected chi connectivity index (χ0v) is 12.8. The largest absolute Gasteiger partial charge is 0.434 e. The fourth-order valence-electron chi connectivity index (χ4n) is 2.22. The minimum Gasteiger partial charge on any atom is -0.434 e. The third-order valence-corrected chi connectivity index (χ3v) is 4.39. The molecule has 3 rings (SSSR count). The summed E-state index contributed by atoms with van der Waals surface area (Å²) in [5, 5.41) is 3.74. The lowest BCUT2D eigenvalue weighted by Crippen LogP contribution is -2.22. The zero-order valence-electron chi connectivity index (χ0n) is 12.0. The van der Waals surface area contributed by atoms with Crippen molar-refractivity contribution in [3.05, 3.63) is 65.0 Å². The molecule has 0 radical (unpaired) electrons. The highest BCUT2D eigenvalue weighted by Crippen LogP contribution is 2.25. The number of benzene rings is 2. The van der Waals surface area contributed by atoms with Gasteiger partial charge in [-0.1, -0.05) is 36.4 Å². The molecule has 0 unspecified atom stereocenters. The second kappa shape index (κ2) is 6.75. The molecule has 3 nitrogen and oxygen atoms in total. The maximum absolute atomic E-state index is 12.4. The Balaban J connectivity index is 1.71. The molecule has 0 fully saturated rings. The molecule has 0 aliphatic heterocycles. The topological polar surface area (TPSA) is 38.3 Å². The molecule has 0 atom stereocenters. The van der Waals surface area contributed by atoms with Crippen molar-refractivity contribution in [3.63, 3.8) is 0 Å². The van der Waals surface area contributed by atoms with Crippen LogP contribution in [0.2, 0.25) is 0 Å². The van der Waals surface area contributed by atoms with Gasteiger partial charge in [-0.25, -0.2) is 0 Å². The van der Waals surface area contributed by atoms with Crippen molar-refractivity contribution in [1.82, 2.24) is 5.32 Å². The quantitative estimate of drug-likeness (QED) is 0.750. The number of alkyl halides is 2. The second-order valence-corrected chi connectivity index (χ2v) is 5.90. The molecule has 1 heterocycles. The van der Waals surface area contributed by atoms with Crippen LogP contribution < -0.4 is 10.1 Å². The monoisotopic (exact) mass is 333 g/mol. The van der Waals surface area contributed by atoms with Gasteiger partial charge >= 0.3 is 6.61 Å². The van der Waals surface area contributed by atoms with Crippen LogP contribution in [0.4, 0.5) is 8.78 Å². The van der Waals surface area contributed by atoms with Gasteiger partial charge in [-0.2, -0.15) is 8.78 Å². The maximum atomic E-state index is 12.4. The van der Waals surface area contributed by atoms with E-state index >= 15 is 0 Å². The van der Waals surface area contributed by atoms with Gasteiger partial charge in [0.05, 0.1) is 4.88 Å². The lowest BCUT2D eigenvalue weighted by Gasteiger charge is -2.10. The van der Waals surface area contributed by atoms with E-state index < -0.39 is 6.61 Å². The number of nitrogens with one attached hydrogen (secondary N) is 1. The van der Waals surface area contributed by atoms with E-state index in [0.717, 1.165) is 10.1 Å². The van der Waals surface area contributed by atoms with E-state index in [-0.39, 0.29) is 18.2 Å². The molecule has 2 aromatic carbocycles. The van der Waals surface area contributed by atoms with E-state index in [9.17, 15) is 13.6 Å². The van der Waals surface area contributed by atoms with Gasteiger partial charge in [0.25, 0.3) is 5.91 Å². The molecule has 6 heteroatoms. The van der Waals surface area contributed by atoms with Crippen LogP contribution in [-0.4, -0.2) is 12.5 Å². The molecule has 118 valence electrons. The molecule has 0 aliphatic rings. The number of para-hydroxylation sites is 1. The molecule has 3 aromatic rings. The summed E-state index contributed by atoms with van der Waals surface area (Å²) in [7, 11) is 0. The third kappa shape index (κ3) is 3.65. The van der Waals surface area contributed by atoms with Gasteiger partial charge in [-0.15, -0.1) is 11.3 Å². The van der Waals surface area contributed by atoms with E-state index in [0.29, 0.717) is 10.4 Å². The first kappa shape index (κ1) is 15.4. The molecule has 1 N–H and O–H groups in total. The minimum atomic E-state index is -2.89. The molecule has 0 spiro atoms. The Bertz CT molecular complexity index is 799. The lowest BCUT2D eigenvalue weighted by molar-refractivity contribution is -0.0504. The normalized spacial score (nSPS) is 10.9. The minimum absolute atomic E-state index is 0.0686. The van der Waals surface area contributed by atoms with Crippen LogP contribution in [-0.2, 0) is 6.54 Å². The summed E-state index contributed by atoms with van der Waals surface area (Å²) in [6.07, 6.45) is 0. The Kier molecular flexibility index (Phi) is 4.52. The van der Waals surface area contributed by atoms with Gasteiger partial charge < -0.3 is 10.1 Å². The average molecular weight is 333 g/mol. The molecule has 0 saturated carbocycles.